The number of rotatable bonds is 6. The summed E-state index contributed by atoms with van der Waals surface area (Å²) < 4.78 is 9.80. The number of hydrogen-bond donors (Lipinski definition) is 2. The summed E-state index contributed by atoms with van der Waals surface area (Å²) in [4.78, 5) is 36.1. The van der Waals surface area contributed by atoms with Crippen LogP contribution < -0.4 is 15.4 Å². The van der Waals surface area contributed by atoms with Crippen molar-refractivity contribution in [3.63, 3.8) is 0 Å². The molecule has 0 radical (unpaired) electrons. The van der Waals surface area contributed by atoms with Crippen molar-refractivity contribution in [2.24, 2.45) is 0 Å². The maximum atomic E-state index is 12.7. The van der Waals surface area contributed by atoms with E-state index < -0.39 is 11.9 Å². The van der Waals surface area contributed by atoms with Crippen molar-refractivity contribution in [3.8, 4) is 5.75 Å². The van der Waals surface area contributed by atoms with Crippen LogP contribution in [0.25, 0.3) is 0 Å². The van der Waals surface area contributed by atoms with Crippen molar-refractivity contribution in [3.05, 3.63) is 40.8 Å². The summed E-state index contributed by atoms with van der Waals surface area (Å²) in [6, 6.07) is 8.24. The van der Waals surface area contributed by atoms with Gasteiger partial charge in [-0.15, -0.1) is 11.3 Å². The minimum Gasteiger partial charge on any atom is -0.465 e. The van der Waals surface area contributed by atoms with Crippen LogP contribution in [0.2, 0.25) is 0 Å². The Morgan fingerprint density at radius 1 is 1.07 bits per heavy atom. The molecule has 0 bridgehead atoms. The molecule has 29 heavy (non-hydrogen) atoms. The monoisotopic (exact) mass is 416 g/mol. The van der Waals surface area contributed by atoms with E-state index in [4.69, 9.17) is 9.47 Å². The third-order valence-electron chi connectivity index (χ3n) is 4.69. The first-order chi connectivity index (χ1) is 14.0. The van der Waals surface area contributed by atoms with E-state index in [1.807, 2.05) is 0 Å². The molecule has 2 aromatic rings. The third-order valence-corrected chi connectivity index (χ3v) is 5.73. The molecule has 0 saturated heterocycles. The molecular weight excluding hydrogens is 392 g/mol. The van der Waals surface area contributed by atoms with Crippen LogP contribution in [0.4, 0.5) is 10.7 Å². The first-order valence-corrected chi connectivity index (χ1v) is 10.4. The van der Waals surface area contributed by atoms with E-state index in [1.54, 1.807) is 30.3 Å². The molecule has 2 N–H and O–H groups in total. The van der Waals surface area contributed by atoms with Gasteiger partial charge < -0.3 is 20.1 Å². The molecule has 8 heteroatoms. The normalized spacial score (nSPS) is 14.1. The van der Waals surface area contributed by atoms with E-state index in [0.29, 0.717) is 27.9 Å². The SMILES string of the molecule is COC(=O)c1cc(NC(=O)c2ccc(OC(C)=O)cc2)c(NC2CCCCC2)s1. The first-order valence-electron chi connectivity index (χ1n) is 9.55. The van der Waals surface area contributed by atoms with Crippen LogP contribution in [0.15, 0.2) is 30.3 Å². The lowest BCUT2D eigenvalue weighted by molar-refractivity contribution is -0.131. The average Bonchev–Trinajstić information content (AvgIpc) is 3.10. The smallest absolute Gasteiger partial charge is 0.348 e. The number of esters is 2. The standard InChI is InChI=1S/C21H24N2O5S/c1-13(24)28-16-10-8-14(9-11-16)19(25)23-17-12-18(21(26)27-2)29-20(17)22-15-6-4-3-5-7-15/h8-12,15,22H,3-7H2,1-2H3,(H,23,25). The second-order valence-electron chi connectivity index (χ2n) is 6.90. The molecule has 1 amide bonds. The number of methoxy groups -OCH3 is 1. The molecule has 1 fully saturated rings. The van der Waals surface area contributed by atoms with Crippen molar-refractivity contribution in [2.45, 2.75) is 45.1 Å². The summed E-state index contributed by atoms with van der Waals surface area (Å²) in [5.41, 5.74) is 0.963. The number of carbonyl (C=O) groups excluding carboxylic acids is 3. The van der Waals surface area contributed by atoms with Crippen LogP contribution in [-0.4, -0.2) is 31.0 Å². The van der Waals surface area contributed by atoms with E-state index in [1.165, 1.54) is 44.6 Å². The molecule has 1 aromatic carbocycles. The molecule has 1 aromatic heterocycles. The molecule has 154 valence electrons. The molecule has 1 aliphatic rings. The lowest BCUT2D eigenvalue weighted by atomic mass is 9.96. The van der Waals surface area contributed by atoms with Gasteiger partial charge in [0.25, 0.3) is 5.91 Å². The van der Waals surface area contributed by atoms with Gasteiger partial charge in [0.2, 0.25) is 0 Å². The van der Waals surface area contributed by atoms with E-state index in [0.717, 1.165) is 17.8 Å². The predicted molar refractivity (Wildman–Crippen MR) is 112 cm³/mol. The number of benzene rings is 1. The molecule has 3 rings (SSSR count). The maximum absolute atomic E-state index is 12.7. The van der Waals surface area contributed by atoms with Gasteiger partial charge in [-0.1, -0.05) is 19.3 Å². The van der Waals surface area contributed by atoms with Crippen molar-refractivity contribution < 1.29 is 23.9 Å². The summed E-state index contributed by atoms with van der Waals surface area (Å²) in [5, 5.41) is 7.10. The molecule has 0 unspecified atom stereocenters. The van der Waals surface area contributed by atoms with Gasteiger partial charge in [0.1, 0.15) is 15.6 Å². The van der Waals surface area contributed by atoms with E-state index >= 15 is 0 Å². The minimum absolute atomic E-state index is 0.319. The quantitative estimate of drug-likeness (QED) is 0.533. The van der Waals surface area contributed by atoms with Gasteiger partial charge in [0.15, 0.2) is 0 Å². The van der Waals surface area contributed by atoms with Gasteiger partial charge >= 0.3 is 11.9 Å². The lowest BCUT2D eigenvalue weighted by Gasteiger charge is -2.23. The Labute approximate surface area is 173 Å². The van der Waals surface area contributed by atoms with E-state index in [9.17, 15) is 14.4 Å². The summed E-state index contributed by atoms with van der Waals surface area (Å²) in [5.74, 6) is -0.806. The molecule has 1 heterocycles. The molecule has 0 atom stereocenters. The Hall–Kier alpha value is -2.87. The van der Waals surface area contributed by atoms with Gasteiger partial charge in [-0.05, 0) is 43.2 Å². The topological polar surface area (TPSA) is 93.7 Å². The van der Waals surface area contributed by atoms with E-state index in [-0.39, 0.29) is 5.91 Å². The van der Waals surface area contributed by atoms with Crippen molar-refractivity contribution in [2.75, 3.05) is 17.7 Å². The van der Waals surface area contributed by atoms with Crippen molar-refractivity contribution in [1.82, 2.24) is 0 Å². The van der Waals surface area contributed by atoms with Gasteiger partial charge in [-0.25, -0.2) is 4.79 Å². The number of amides is 1. The number of thiophene rings is 1. The zero-order valence-electron chi connectivity index (χ0n) is 16.4. The second kappa shape index (κ2) is 9.56. The largest absolute Gasteiger partial charge is 0.465 e. The van der Waals surface area contributed by atoms with Gasteiger partial charge in [0, 0.05) is 18.5 Å². The fourth-order valence-electron chi connectivity index (χ4n) is 3.26. The Bertz CT molecular complexity index is 885. The molecule has 0 aliphatic heterocycles. The zero-order valence-corrected chi connectivity index (χ0v) is 17.3. The highest BCUT2D eigenvalue weighted by molar-refractivity contribution is 7.18. The Morgan fingerprint density at radius 2 is 1.76 bits per heavy atom. The molecule has 1 aliphatic carbocycles. The summed E-state index contributed by atoms with van der Waals surface area (Å²) in [7, 11) is 1.33. The van der Waals surface area contributed by atoms with Crippen LogP contribution in [0, 0.1) is 0 Å². The number of hydrogen-bond acceptors (Lipinski definition) is 7. The van der Waals surface area contributed by atoms with Crippen LogP contribution in [0.5, 0.6) is 5.75 Å². The molecule has 1 saturated carbocycles. The average molecular weight is 416 g/mol. The van der Waals surface area contributed by atoms with Gasteiger partial charge in [-0.2, -0.15) is 0 Å². The van der Waals surface area contributed by atoms with Gasteiger partial charge in [-0.3, -0.25) is 9.59 Å². The Balaban J connectivity index is 1.76. The number of ether oxygens (including phenoxy) is 2. The van der Waals surface area contributed by atoms with Crippen LogP contribution in [0.3, 0.4) is 0 Å². The minimum atomic E-state index is -0.437. The summed E-state index contributed by atoms with van der Waals surface area (Å²) in [6.07, 6.45) is 5.71. The molecule has 0 spiro atoms. The van der Waals surface area contributed by atoms with E-state index in [2.05, 4.69) is 10.6 Å². The fourth-order valence-corrected chi connectivity index (χ4v) is 4.27. The lowest BCUT2D eigenvalue weighted by Crippen LogP contribution is -2.22. The molecular formula is C21H24N2O5S. The highest BCUT2D eigenvalue weighted by atomic mass is 32.1. The predicted octanol–water partition coefficient (Wildman–Crippen LogP) is 4.46. The zero-order chi connectivity index (χ0) is 20.8. The third kappa shape index (κ3) is 5.57. The highest BCUT2D eigenvalue weighted by Gasteiger charge is 2.21. The highest BCUT2D eigenvalue weighted by Crippen LogP contribution is 2.36. The first kappa shape index (κ1) is 20.9. The fraction of sp³-hybridized carbons (Fsp3) is 0.381. The van der Waals surface area contributed by atoms with Crippen molar-refractivity contribution >= 4 is 39.9 Å². The number of nitrogens with one attached hydrogen (secondary N) is 2. The second-order valence-corrected chi connectivity index (χ2v) is 7.95. The summed E-state index contributed by atoms with van der Waals surface area (Å²) >= 11 is 1.27. The van der Waals surface area contributed by atoms with Crippen LogP contribution in [-0.2, 0) is 9.53 Å². The van der Waals surface area contributed by atoms with Crippen molar-refractivity contribution in [1.29, 1.82) is 0 Å². The van der Waals surface area contributed by atoms with Crippen LogP contribution in [0.1, 0.15) is 59.1 Å². The van der Waals surface area contributed by atoms with Gasteiger partial charge in [0.05, 0.1) is 12.8 Å². The summed E-state index contributed by atoms with van der Waals surface area (Å²) in [6.45, 7) is 1.32. The van der Waals surface area contributed by atoms with Crippen LogP contribution >= 0.6 is 11.3 Å². The molecule has 7 nitrogen and oxygen atoms in total. The Kier molecular flexibility index (Phi) is 6.87. The number of carbonyl (C=O) groups is 3. The number of anilines is 2. The maximum Gasteiger partial charge on any atom is 0.348 e. The Morgan fingerprint density at radius 3 is 2.38 bits per heavy atom.